The summed E-state index contributed by atoms with van der Waals surface area (Å²) in [6.07, 6.45) is 0.979. The Morgan fingerprint density at radius 3 is 2.76 bits per heavy atom. The van der Waals surface area contributed by atoms with Crippen molar-refractivity contribution < 1.29 is 9.47 Å². The van der Waals surface area contributed by atoms with Crippen molar-refractivity contribution in [3.63, 3.8) is 0 Å². The zero-order valence-corrected chi connectivity index (χ0v) is 11.6. The highest BCUT2D eigenvalue weighted by molar-refractivity contribution is 9.11. The van der Waals surface area contributed by atoms with Crippen LogP contribution in [0.4, 0.5) is 0 Å². The fourth-order valence-corrected chi connectivity index (χ4v) is 1.42. The maximum atomic E-state index is 5.65. The lowest BCUT2D eigenvalue weighted by atomic mass is 10.2. The number of rotatable bonds is 7. The quantitative estimate of drug-likeness (QED) is 0.841. The van der Waals surface area contributed by atoms with Gasteiger partial charge in [0.1, 0.15) is 18.1 Å². The van der Waals surface area contributed by atoms with Crippen LogP contribution in [0.3, 0.4) is 0 Å². The summed E-state index contributed by atoms with van der Waals surface area (Å²) in [5, 5.41) is 0. The summed E-state index contributed by atoms with van der Waals surface area (Å²) >= 11 is 3.26. The highest BCUT2D eigenvalue weighted by Crippen LogP contribution is 2.25. The van der Waals surface area contributed by atoms with Crippen LogP contribution in [0.5, 0.6) is 11.5 Å². The minimum Gasteiger partial charge on any atom is -0.493 e. The third-order valence-corrected chi connectivity index (χ3v) is 2.34. The van der Waals surface area contributed by atoms with Crippen LogP contribution in [-0.2, 0) is 6.54 Å². The van der Waals surface area contributed by atoms with E-state index in [2.05, 4.69) is 29.4 Å². The van der Waals surface area contributed by atoms with Gasteiger partial charge < -0.3 is 15.2 Å². The lowest BCUT2D eigenvalue weighted by Gasteiger charge is -2.12. The summed E-state index contributed by atoms with van der Waals surface area (Å²) in [6.45, 7) is 7.36. The van der Waals surface area contributed by atoms with Gasteiger partial charge in [-0.1, -0.05) is 35.5 Å². The molecule has 17 heavy (non-hydrogen) atoms. The van der Waals surface area contributed by atoms with E-state index in [0.29, 0.717) is 19.8 Å². The van der Waals surface area contributed by atoms with Crippen molar-refractivity contribution in [1.82, 2.24) is 0 Å². The van der Waals surface area contributed by atoms with E-state index in [1.165, 1.54) is 0 Å². The van der Waals surface area contributed by atoms with Gasteiger partial charge >= 0.3 is 0 Å². The standard InChI is InChI=1S/C13H18BrNO2/c1-3-6-16-12-5-4-11(8-15)13(7-12)17-9-10(2)14/h4-5,7H,2-3,6,8-9,15H2,1H3. The van der Waals surface area contributed by atoms with E-state index in [9.17, 15) is 0 Å². The molecule has 0 spiro atoms. The second-order valence-corrected chi connectivity index (χ2v) is 4.75. The smallest absolute Gasteiger partial charge is 0.128 e. The van der Waals surface area contributed by atoms with Crippen molar-refractivity contribution in [2.45, 2.75) is 19.9 Å². The molecule has 1 aromatic rings. The SMILES string of the molecule is C=C(Br)COc1cc(OCCC)ccc1CN. The molecule has 3 nitrogen and oxygen atoms in total. The number of nitrogens with two attached hydrogens (primary N) is 1. The van der Waals surface area contributed by atoms with Crippen LogP contribution in [0.2, 0.25) is 0 Å². The Labute approximate surface area is 111 Å². The minimum atomic E-state index is 0.421. The molecule has 1 aromatic carbocycles. The van der Waals surface area contributed by atoms with Gasteiger partial charge in [-0.05, 0) is 12.5 Å². The zero-order valence-electron chi connectivity index (χ0n) is 10.0. The second kappa shape index (κ2) is 7.35. The molecule has 0 heterocycles. The van der Waals surface area contributed by atoms with E-state index >= 15 is 0 Å². The molecule has 0 saturated carbocycles. The summed E-state index contributed by atoms with van der Waals surface area (Å²) in [4.78, 5) is 0. The van der Waals surface area contributed by atoms with Gasteiger partial charge in [0.15, 0.2) is 0 Å². The zero-order chi connectivity index (χ0) is 12.7. The molecule has 0 bridgehead atoms. The van der Waals surface area contributed by atoms with Crippen LogP contribution >= 0.6 is 15.9 Å². The molecule has 0 aliphatic rings. The van der Waals surface area contributed by atoms with E-state index in [1.54, 1.807) is 0 Å². The van der Waals surface area contributed by atoms with Gasteiger partial charge in [0.05, 0.1) is 6.61 Å². The van der Waals surface area contributed by atoms with Gasteiger partial charge in [-0.15, -0.1) is 0 Å². The third kappa shape index (κ3) is 4.79. The van der Waals surface area contributed by atoms with Crippen molar-refractivity contribution in [2.75, 3.05) is 13.2 Å². The Bertz CT molecular complexity index is 380. The maximum Gasteiger partial charge on any atom is 0.128 e. The van der Waals surface area contributed by atoms with Crippen molar-refractivity contribution >= 4 is 15.9 Å². The van der Waals surface area contributed by atoms with Crippen LogP contribution in [0, 0.1) is 0 Å². The van der Waals surface area contributed by atoms with Crippen LogP contribution in [-0.4, -0.2) is 13.2 Å². The Morgan fingerprint density at radius 1 is 1.41 bits per heavy atom. The summed E-state index contributed by atoms with van der Waals surface area (Å²) < 4.78 is 11.9. The average Bonchev–Trinajstić information content (AvgIpc) is 2.33. The summed E-state index contributed by atoms with van der Waals surface area (Å²) in [5.74, 6) is 1.56. The number of hydrogen-bond acceptors (Lipinski definition) is 3. The summed E-state index contributed by atoms with van der Waals surface area (Å²) in [7, 11) is 0. The molecule has 0 radical (unpaired) electrons. The van der Waals surface area contributed by atoms with Crippen molar-refractivity contribution in [2.24, 2.45) is 5.73 Å². The molecular formula is C13H18BrNO2. The summed E-state index contributed by atoms with van der Waals surface area (Å²) in [5.41, 5.74) is 6.61. The van der Waals surface area contributed by atoms with E-state index in [1.807, 2.05) is 18.2 Å². The monoisotopic (exact) mass is 299 g/mol. The number of benzene rings is 1. The Hall–Kier alpha value is -1.00. The molecule has 1 rings (SSSR count). The fourth-order valence-electron chi connectivity index (χ4n) is 1.30. The molecule has 0 saturated heterocycles. The highest BCUT2D eigenvalue weighted by Gasteiger charge is 2.05. The van der Waals surface area contributed by atoms with Crippen molar-refractivity contribution in [3.05, 3.63) is 34.8 Å². The van der Waals surface area contributed by atoms with E-state index in [4.69, 9.17) is 15.2 Å². The first-order valence-corrected chi connectivity index (χ1v) is 6.38. The molecule has 0 unspecified atom stereocenters. The van der Waals surface area contributed by atoms with Crippen molar-refractivity contribution in [3.8, 4) is 11.5 Å². The molecule has 0 aliphatic heterocycles. The molecule has 2 N–H and O–H groups in total. The Balaban J connectivity index is 2.78. The van der Waals surface area contributed by atoms with Gasteiger partial charge in [0.25, 0.3) is 0 Å². The first-order chi connectivity index (χ1) is 8.17. The van der Waals surface area contributed by atoms with Crippen LogP contribution < -0.4 is 15.2 Å². The van der Waals surface area contributed by atoms with Gasteiger partial charge in [0.2, 0.25) is 0 Å². The molecule has 94 valence electrons. The van der Waals surface area contributed by atoms with E-state index in [-0.39, 0.29) is 0 Å². The van der Waals surface area contributed by atoms with Gasteiger partial charge in [-0.25, -0.2) is 0 Å². The van der Waals surface area contributed by atoms with Crippen LogP contribution in [0.1, 0.15) is 18.9 Å². The first-order valence-electron chi connectivity index (χ1n) is 5.59. The molecule has 0 atom stereocenters. The van der Waals surface area contributed by atoms with Gasteiger partial charge in [-0.2, -0.15) is 0 Å². The lowest BCUT2D eigenvalue weighted by Crippen LogP contribution is -2.04. The average molecular weight is 300 g/mol. The van der Waals surface area contributed by atoms with Gasteiger partial charge in [-0.3, -0.25) is 0 Å². The summed E-state index contributed by atoms with van der Waals surface area (Å²) in [6, 6.07) is 5.71. The van der Waals surface area contributed by atoms with Crippen LogP contribution in [0.15, 0.2) is 29.3 Å². The Kier molecular flexibility index (Phi) is 6.08. The largest absolute Gasteiger partial charge is 0.493 e. The predicted molar refractivity (Wildman–Crippen MR) is 73.7 cm³/mol. The number of halogens is 1. The van der Waals surface area contributed by atoms with Crippen LogP contribution in [0.25, 0.3) is 0 Å². The second-order valence-electron chi connectivity index (χ2n) is 3.63. The lowest BCUT2D eigenvalue weighted by molar-refractivity contribution is 0.311. The molecule has 0 aliphatic carbocycles. The number of ether oxygens (including phenoxy) is 2. The van der Waals surface area contributed by atoms with E-state index in [0.717, 1.165) is 28.0 Å². The molecule has 0 aromatic heterocycles. The Morgan fingerprint density at radius 2 is 2.18 bits per heavy atom. The first kappa shape index (κ1) is 14.1. The highest BCUT2D eigenvalue weighted by atomic mass is 79.9. The normalized spacial score (nSPS) is 10.1. The molecule has 4 heteroatoms. The minimum absolute atomic E-state index is 0.421. The molecule has 0 fully saturated rings. The van der Waals surface area contributed by atoms with Gasteiger partial charge in [0, 0.05) is 22.7 Å². The topological polar surface area (TPSA) is 44.5 Å². The molecule has 0 amide bonds. The van der Waals surface area contributed by atoms with Crippen molar-refractivity contribution in [1.29, 1.82) is 0 Å². The predicted octanol–water partition coefficient (Wildman–Crippen LogP) is 3.22. The van der Waals surface area contributed by atoms with E-state index < -0.39 is 0 Å². The number of hydrogen-bond donors (Lipinski definition) is 1. The maximum absolute atomic E-state index is 5.65. The fraction of sp³-hybridized carbons (Fsp3) is 0.385. The molecular weight excluding hydrogens is 282 g/mol. The third-order valence-electron chi connectivity index (χ3n) is 2.12.